The van der Waals surface area contributed by atoms with Crippen LogP contribution in [0.25, 0.3) is 0 Å². The average molecular weight is 516 g/mol. The number of anilines is 1. The number of nitrogens with zero attached hydrogens (tertiary/aromatic N) is 2. The number of amides is 1. The van der Waals surface area contributed by atoms with Crippen LogP contribution >= 0.6 is 11.6 Å². The highest BCUT2D eigenvalue weighted by Gasteiger charge is 2.19. The summed E-state index contributed by atoms with van der Waals surface area (Å²) in [6.45, 7) is 1.82. The molecular weight excluding hydrogens is 490 g/mol. The van der Waals surface area contributed by atoms with Gasteiger partial charge in [-0.2, -0.15) is 5.10 Å². The first-order valence-electron chi connectivity index (χ1n) is 10.5. The molecule has 0 radical (unpaired) electrons. The summed E-state index contributed by atoms with van der Waals surface area (Å²) in [6.07, 6.45) is 1.12. The van der Waals surface area contributed by atoms with Crippen LogP contribution in [0.2, 0.25) is 5.02 Å². The van der Waals surface area contributed by atoms with Crippen molar-refractivity contribution in [1.82, 2.24) is 5.43 Å². The largest absolute Gasteiger partial charge is 0.493 e. The van der Waals surface area contributed by atoms with E-state index in [4.69, 9.17) is 21.1 Å². The molecule has 3 aromatic carbocycles. The van der Waals surface area contributed by atoms with Crippen molar-refractivity contribution in [3.8, 4) is 11.5 Å². The Bertz CT molecular complexity index is 1340. The van der Waals surface area contributed by atoms with Crippen molar-refractivity contribution in [3.63, 3.8) is 0 Å². The van der Waals surface area contributed by atoms with Gasteiger partial charge < -0.3 is 9.47 Å². The normalized spacial score (nSPS) is 11.6. The lowest BCUT2D eigenvalue weighted by Crippen LogP contribution is -2.29. The van der Waals surface area contributed by atoms with Gasteiger partial charge in [0.15, 0.2) is 11.5 Å². The van der Waals surface area contributed by atoms with Gasteiger partial charge in [-0.3, -0.25) is 9.10 Å². The number of benzene rings is 3. The van der Waals surface area contributed by atoms with Crippen molar-refractivity contribution in [2.45, 2.75) is 13.5 Å². The quantitative estimate of drug-likeness (QED) is 0.335. The topological polar surface area (TPSA) is 97.3 Å². The molecule has 35 heavy (non-hydrogen) atoms. The molecule has 0 saturated carbocycles. The van der Waals surface area contributed by atoms with E-state index in [1.807, 2.05) is 0 Å². The van der Waals surface area contributed by atoms with Gasteiger partial charge in [0.25, 0.3) is 5.91 Å². The summed E-state index contributed by atoms with van der Waals surface area (Å²) in [5.74, 6) is 0.702. The van der Waals surface area contributed by atoms with Crippen LogP contribution in [-0.4, -0.2) is 40.5 Å². The zero-order valence-electron chi connectivity index (χ0n) is 19.8. The van der Waals surface area contributed by atoms with Crippen LogP contribution in [-0.2, 0) is 16.6 Å². The Labute approximate surface area is 210 Å². The van der Waals surface area contributed by atoms with Crippen LogP contribution in [0.4, 0.5) is 5.69 Å². The maximum Gasteiger partial charge on any atom is 0.271 e. The summed E-state index contributed by atoms with van der Waals surface area (Å²) in [6, 6.07) is 18.6. The van der Waals surface area contributed by atoms with Crippen LogP contribution in [0, 0.1) is 0 Å². The number of nitrogens with one attached hydrogen (secondary N) is 1. The number of hydrogen-bond acceptors (Lipinski definition) is 6. The van der Waals surface area contributed by atoms with E-state index >= 15 is 0 Å². The maximum absolute atomic E-state index is 12.6. The summed E-state index contributed by atoms with van der Waals surface area (Å²) < 4.78 is 36.6. The minimum absolute atomic E-state index is 0.0683. The standard InChI is InChI=1S/C25H26ClN3O5S/c1-17(19-11-14-23(33-2)24(15-19)34-3)27-28-25(30)18-9-12-21(13-10-18)29(35(4,31)32)16-20-7-5-6-8-22(20)26/h5-15H,16H2,1-4H3,(H,28,30)/b27-17-. The molecule has 10 heteroatoms. The first-order chi connectivity index (χ1) is 16.6. The van der Waals surface area contributed by atoms with Gasteiger partial charge in [0.05, 0.1) is 38.4 Å². The van der Waals surface area contributed by atoms with Crippen LogP contribution in [0.3, 0.4) is 0 Å². The lowest BCUT2D eigenvalue weighted by atomic mass is 10.1. The molecule has 0 spiro atoms. The molecule has 0 heterocycles. The van der Waals surface area contributed by atoms with Crippen molar-refractivity contribution < 1.29 is 22.7 Å². The first kappa shape index (κ1) is 26.1. The Morgan fingerprint density at radius 3 is 2.20 bits per heavy atom. The summed E-state index contributed by atoms with van der Waals surface area (Å²) in [5.41, 5.74) is 5.24. The van der Waals surface area contributed by atoms with E-state index in [9.17, 15) is 13.2 Å². The van der Waals surface area contributed by atoms with Crippen molar-refractivity contribution >= 4 is 38.9 Å². The molecule has 184 valence electrons. The lowest BCUT2D eigenvalue weighted by molar-refractivity contribution is 0.0955. The summed E-state index contributed by atoms with van der Waals surface area (Å²) in [4.78, 5) is 12.6. The molecule has 0 aliphatic carbocycles. The van der Waals surface area contributed by atoms with E-state index in [2.05, 4.69) is 10.5 Å². The molecule has 8 nitrogen and oxygen atoms in total. The first-order valence-corrected chi connectivity index (χ1v) is 12.7. The van der Waals surface area contributed by atoms with E-state index < -0.39 is 15.9 Å². The third-order valence-electron chi connectivity index (χ3n) is 5.22. The monoisotopic (exact) mass is 515 g/mol. The van der Waals surface area contributed by atoms with Crippen LogP contribution in [0.15, 0.2) is 71.8 Å². The molecular formula is C25H26ClN3O5S. The minimum Gasteiger partial charge on any atom is -0.493 e. The third-order valence-corrected chi connectivity index (χ3v) is 6.73. The van der Waals surface area contributed by atoms with Crippen LogP contribution in [0.1, 0.15) is 28.4 Å². The number of carbonyl (C=O) groups is 1. The van der Waals surface area contributed by atoms with Gasteiger partial charge in [-0.15, -0.1) is 0 Å². The molecule has 0 aliphatic rings. The van der Waals surface area contributed by atoms with Gasteiger partial charge in [-0.25, -0.2) is 13.8 Å². The average Bonchev–Trinajstić information content (AvgIpc) is 2.85. The van der Waals surface area contributed by atoms with Crippen LogP contribution < -0.4 is 19.2 Å². The number of sulfonamides is 1. The molecule has 0 atom stereocenters. The summed E-state index contributed by atoms with van der Waals surface area (Å²) in [7, 11) is -0.504. The van der Waals surface area contributed by atoms with Gasteiger partial charge in [0.1, 0.15) is 0 Å². The zero-order valence-corrected chi connectivity index (χ0v) is 21.4. The van der Waals surface area contributed by atoms with E-state index in [0.29, 0.717) is 39.0 Å². The SMILES string of the molecule is COc1ccc(/C(C)=N\NC(=O)c2ccc(N(Cc3ccccc3Cl)S(C)(=O)=O)cc2)cc1OC. The van der Waals surface area contributed by atoms with Crippen molar-refractivity contribution in [3.05, 3.63) is 88.4 Å². The van der Waals surface area contributed by atoms with Crippen molar-refractivity contribution in [2.75, 3.05) is 24.8 Å². The number of carbonyl (C=O) groups excluding carboxylic acids is 1. The molecule has 1 N–H and O–H groups in total. The molecule has 3 rings (SSSR count). The molecule has 0 saturated heterocycles. The van der Waals surface area contributed by atoms with Crippen molar-refractivity contribution in [1.29, 1.82) is 0 Å². The van der Waals surface area contributed by atoms with Gasteiger partial charge >= 0.3 is 0 Å². The smallest absolute Gasteiger partial charge is 0.271 e. The predicted molar refractivity (Wildman–Crippen MR) is 138 cm³/mol. The highest BCUT2D eigenvalue weighted by molar-refractivity contribution is 7.92. The highest BCUT2D eigenvalue weighted by atomic mass is 35.5. The fraction of sp³-hybridized carbons (Fsp3) is 0.200. The van der Waals surface area contributed by atoms with E-state index in [-0.39, 0.29) is 6.54 Å². The van der Waals surface area contributed by atoms with Gasteiger partial charge in [0.2, 0.25) is 10.0 Å². The minimum atomic E-state index is -3.60. The predicted octanol–water partition coefficient (Wildman–Crippen LogP) is 4.48. The Morgan fingerprint density at radius 2 is 1.60 bits per heavy atom. The Kier molecular flexibility index (Phi) is 8.37. The number of rotatable bonds is 9. The Hall–Kier alpha value is -3.56. The van der Waals surface area contributed by atoms with E-state index in [0.717, 1.165) is 11.8 Å². The number of halogens is 1. The van der Waals surface area contributed by atoms with Gasteiger partial charge in [-0.1, -0.05) is 29.8 Å². The maximum atomic E-state index is 12.6. The van der Waals surface area contributed by atoms with Crippen LogP contribution in [0.5, 0.6) is 11.5 Å². The number of ether oxygens (including phenoxy) is 2. The second-order valence-electron chi connectivity index (χ2n) is 7.62. The number of hydrazone groups is 1. The number of hydrogen-bond donors (Lipinski definition) is 1. The summed E-state index contributed by atoms with van der Waals surface area (Å²) >= 11 is 6.21. The van der Waals surface area contributed by atoms with Crippen molar-refractivity contribution in [2.24, 2.45) is 5.10 Å². The second kappa shape index (κ2) is 11.2. The Morgan fingerprint density at radius 1 is 0.971 bits per heavy atom. The molecule has 1 amide bonds. The fourth-order valence-electron chi connectivity index (χ4n) is 3.29. The fourth-order valence-corrected chi connectivity index (χ4v) is 4.36. The van der Waals surface area contributed by atoms with Gasteiger partial charge in [0, 0.05) is 16.1 Å². The Balaban J connectivity index is 1.76. The molecule has 0 unspecified atom stereocenters. The zero-order chi connectivity index (χ0) is 25.6. The second-order valence-corrected chi connectivity index (χ2v) is 9.93. The molecule has 0 aliphatic heterocycles. The van der Waals surface area contributed by atoms with E-state index in [1.54, 1.807) is 75.7 Å². The summed E-state index contributed by atoms with van der Waals surface area (Å²) in [5, 5.41) is 4.64. The van der Waals surface area contributed by atoms with E-state index in [1.165, 1.54) is 16.4 Å². The molecule has 0 aromatic heterocycles. The molecule has 3 aromatic rings. The highest BCUT2D eigenvalue weighted by Crippen LogP contribution is 2.28. The van der Waals surface area contributed by atoms with Gasteiger partial charge in [-0.05, 0) is 61.0 Å². The molecule has 0 fully saturated rings. The molecule has 0 bridgehead atoms. The number of methoxy groups -OCH3 is 2. The lowest BCUT2D eigenvalue weighted by Gasteiger charge is -2.23. The third kappa shape index (κ3) is 6.52.